The van der Waals surface area contributed by atoms with Gasteiger partial charge in [-0.25, -0.2) is 0 Å². The monoisotopic (exact) mass is 237 g/mol. The molecule has 2 nitrogen and oxygen atoms in total. The Bertz CT molecular complexity index is 655. The van der Waals surface area contributed by atoms with E-state index in [9.17, 15) is 0 Å². The van der Waals surface area contributed by atoms with E-state index in [4.69, 9.17) is 4.74 Å². The zero-order valence-electron chi connectivity index (χ0n) is 10.3. The first-order valence-electron chi connectivity index (χ1n) is 6.18. The van der Waals surface area contributed by atoms with Crippen LogP contribution in [-0.2, 0) is 0 Å². The van der Waals surface area contributed by atoms with Crippen molar-refractivity contribution in [2.75, 3.05) is 6.61 Å². The maximum absolute atomic E-state index is 5.51. The van der Waals surface area contributed by atoms with Gasteiger partial charge >= 0.3 is 0 Å². The van der Waals surface area contributed by atoms with Gasteiger partial charge in [-0.2, -0.15) is 0 Å². The normalized spacial score (nSPS) is 10.7. The molecule has 0 aliphatic rings. The first-order chi connectivity index (χ1) is 8.86. The minimum absolute atomic E-state index is 0.692. The lowest BCUT2D eigenvalue weighted by molar-refractivity contribution is 0.340. The lowest BCUT2D eigenvalue weighted by Gasteiger charge is -2.01. The Balaban J connectivity index is 2.06. The smallest absolute Gasteiger partial charge is 0.121 e. The van der Waals surface area contributed by atoms with Crippen LogP contribution < -0.4 is 4.74 Å². The Kier molecular flexibility index (Phi) is 2.77. The third kappa shape index (κ3) is 1.97. The molecule has 0 radical (unpaired) electrons. The third-order valence-corrected chi connectivity index (χ3v) is 2.99. The summed E-state index contributed by atoms with van der Waals surface area (Å²) in [6, 6.07) is 18.6. The predicted octanol–water partition coefficient (Wildman–Crippen LogP) is 4.23. The second-order valence-electron chi connectivity index (χ2n) is 4.23. The highest BCUT2D eigenvalue weighted by molar-refractivity contribution is 5.86. The standard InChI is InChI=1S/C16H15NO/c1-2-18-14-9-8-13-10-15(17-16(13)11-14)12-6-4-3-5-7-12/h3-11,17H,2H2,1H3. The largest absolute Gasteiger partial charge is 0.494 e. The number of hydrogen-bond acceptors (Lipinski definition) is 1. The van der Waals surface area contributed by atoms with Crippen molar-refractivity contribution < 1.29 is 4.74 Å². The molecule has 90 valence electrons. The average Bonchev–Trinajstić information content (AvgIpc) is 2.83. The summed E-state index contributed by atoms with van der Waals surface area (Å²) in [4.78, 5) is 3.43. The first-order valence-corrected chi connectivity index (χ1v) is 6.18. The van der Waals surface area contributed by atoms with Gasteiger partial charge in [-0.05, 0) is 30.7 Å². The lowest BCUT2D eigenvalue weighted by Crippen LogP contribution is -1.90. The fourth-order valence-electron chi connectivity index (χ4n) is 2.14. The van der Waals surface area contributed by atoms with Crippen molar-refractivity contribution >= 4 is 10.9 Å². The highest BCUT2D eigenvalue weighted by Gasteiger charge is 2.03. The third-order valence-electron chi connectivity index (χ3n) is 2.99. The molecule has 1 heterocycles. The quantitative estimate of drug-likeness (QED) is 0.724. The summed E-state index contributed by atoms with van der Waals surface area (Å²) in [7, 11) is 0. The average molecular weight is 237 g/mol. The summed E-state index contributed by atoms with van der Waals surface area (Å²) in [6.07, 6.45) is 0. The number of rotatable bonds is 3. The molecule has 0 saturated carbocycles. The summed E-state index contributed by atoms with van der Waals surface area (Å²) in [6.45, 7) is 2.69. The summed E-state index contributed by atoms with van der Waals surface area (Å²) in [5.74, 6) is 0.909. The molecule has 0 bridgehead atoms. The van der Waals surface area contributed by atoms with Gasteiger partial charge in [0.1, 0.15) is 5.75 Å². The molecule has 0 unspecified atom stereocenters. The second-order valence-corrected chi connectivity index (χ2v) is 4.23. The van der Waals surface area contributed by atoms with Crippen molar-refractivity contribution in [3.63, 3.8) is 0 Å². The topological polar surface area (TPSA) is 25.0 Å². The Labute approximate surface area is 106 Å². The van der Waals surface area contributed by atoms with Crippen molar-refractivity contribution in [2.24, 2.45) is 0 Å². The van der Waals surface area contributed by atoms with E-state index in [1.165, 1.54) is 10.9 Å². The number of aromatic amines is 1. The van der Waals surface area contributed by atoms with Gasteiger partial charge in [-0.15, -0.1) is 0 Å². The SMILES string of the molecule is CCOc1ccc2cc(-c3ccccc3)[nH]c2c1. The van der Waals surface area contributed by atoms with E-state index in [1.54, 1.807) is 0 Å². The maximum atomic E-state index is 5.51. The van der Waals surface area contributed by atoms with Crippen LogP contribution >= 0.6 is 0 Å². The van der Waals surface area contributed by atoms with Gasteiger partial charge in [0.05, 0.1) is 6.61 Å². The molecule has 2 heteroatoms. The summed E-state index contributed by atoms with van der Waals surface area (Å²) in [5, 5.41) is 1.21. The van der Waals surface area contributed by atoms with Crippen LogP contribution in [0.25, 0.3) is 22.2 Å². The zero-order chi connectivity index (χ0) is 12.4. The Morgan fingerprint density at radius 1 is 1.00 bits per heavy atom. The number of nitrogens with one attached hydrogen (secondary N) is 1. The van der Waals surface area contributed by atoms with E-state index in [0.717, 1.165) is 17.0 Å². The van der Waals surface area contributed by atoms with E-state index < -0.39 is 0 Å². The highest BCUT2D eigenvalue weighted by Crippen LogP contribution is 2.26. The fourth-order valence-corrected chi connectivity index (χ4v) is 2.14. The van der Waals surface area contributed by atoms with E-state index in [1.807, 2.05) is 37.3 Å². The van der Waals surface area contributed by atoms with Gasteiger partial charge in [-0.1, -0.05) is 30.3 Å². The Hall–Kier alpha value is -2.22. The molecule has 0 aliphatic heterocycles. The summed E-state index contributed by atoms with van der Waals surface area (Å²) >= 11 is 0. The van der Waals surface area contributed by atoms with Gasteiger partial charge in [0, 0.05) is 22.7 Å². The van der Waals surface area contributed by atoms with Crippen molar-refractivity contribution in [1.29, 1.82) is 0 Å². The van der Waals surface area contributed by atoms with E-state index in [2.05, 4.69) is 29.2 Å². The van der Waals surface area contributed by atoms with Crippen LogP contribution in [0.4, 0.5) is 0 Å². The number of fused-ring (bicyclic) bond motifs is 1. The molecule has 0 fully saturated rings. The van der Waals surface area contributed by atoms with E-state index in [-0.39, 0.29) is 0 Å². The second kappa shape index (κ2) is 4.57. The van der Waals surface area contributed by atoms with Gasteiger partial charge in [-0.3, -0.25) is 0 Å². The van der Waals surface area contributed by atoms with Gasteiger partial charge in [0.25, 0.3) is 0 Å². The number of hydrogen-bond donors (Lipinski definition) is 1. The molecule has 18 heavy (non-hydrogen) atoms. The van der Waals surface area contributed by atoms with Crippen LogP contribution in [0.15, 0.2) is 54.6 Å². The molecule has 3 aromatic rings. The number of benzene rings is 2. The van der Waals surface area contributed by atoms with Crippen molar-refractivity contribution in [3.8, 4) is 17.0 Å². The van der Waals surface area contributed by atoms with E-state index in [0.29, 0.717) is 6.61 Å². The molecule has 0 atom stereocenters. The molecule has 2 aromatic carbocycles. The molecule has 1 aromatic heterocycles. The van der Waals surface area contributed by atoms with Gasteiger partial charge in [0.15, 0.2) is 0 Å². The van der Waals surface area contributed by atoms with Crippen molar-refractivity contribution in [2.45, 2.75) is 6.92 Å². The van der Waals surface area contributed by atoms with Crippen LogP contribution in [0.1, 0.15) is 6.92 Å². The Morgan fingerprint density at radius 3 is 2.61 bits per heavy atom. The van der Waals surface area contributed by atoms with Gasteiger partial charge in [0.2, 0.25) is 0 Å². The summed E-state index contributed by atoms with van der Waals surface area (Å²) in [5.41, 5.74) is 3.45. The Morgan fingerprint density at radius 2 is 1.83 bits per heavy atom. The molecular weight excluding hydrogens is 222 g/mol. The molecule has 0 spiro atoms. The van der Waals surface area contributed by atoms with Crippen LogP contribution in [-0.4, -0.2) is 11.6 Å². The van der Waals surface area contributed by atoms with Crippen LogP contribution in [0.2, 0.25) is 0 Å². The fraction of sp³-hybridized carbons (Fsp3) is 0.125. The molecule has 0 amide bonds. The highest BCUT2D eigenvalue weighted by atomic mass is 16.5. The van der Waals surface area contributed by atoms with Crippen molar-refractivity contribution in [1.82, 2.24) is 4.98 Å². The molecular formula is C16H15NO. The molecule has 3 rings (SSSR count). The number of H-pyrrole nitrogens is 1. The molecule has 0 aliphatic carbocycles. The van der Waals surface area contributed by atoms with Crippen LogP contribution in [0, 0.1) is 0 Å². The van der Waals surface area contributed by atoms with Crippen LogP contribution in [0.5, 0.6) is 5.75 Å². The minimum atomic E-state index is 0.692. The first kappa shape index (κ1) is 10.9. The zero-order valence-corrected chi connectivity index (χ0v) is 10.3. The molecule has 1 N–H and O–H groups in total. The van der Waals surface area contributed by atoms with E-state index >= 15 is 0 Å². The summed E-state index contributed by atoms with van der Waals surface area (Å²) < 4.78 is 5.51. The number of ether oxygens (including phenoxy) is 1. The predicted molar refractivity (Wildman–Crippen MR) is 74.9 cm³/mol. The lowest BCUT2D eigenvalue weighted by atomic mass is 10.1. The molecule has 0 saturated heterocycles. The minimum Gasteiger partial charge on any atom is -0.494 e. The van der Waals surface area contributed by atoms with Gasteiger partial charge < -0.3 is 9.72 Å². The maximum Gasteiger partial charge on any atom is 0.121 e. The van der Waals surface area contributed by atoms with Crippen LogP contribution in [0.3, 0.4) is 0 Å². The van der Waals surface area contributed by atoms with Crippen molar-refractivity contribution in [3.05, 3.63) is 54.6 Å². The number of aromatic nitrogens is 1.